The highest BCUT2D eigenvalue weighted by Crippen LogP contribution is 2.52. The lowest BCUT2D eigenvalue weighted by molar-refractivity contribution is 0.402. The minimum absolute atomic E-state index is 0.269. The normalized spacial score (nSPS) is 12.1. The Morgan fingerprint density at radius 2 is 0.689 bits per heavy atom. The van der Waals surface area contributed by atoms with E-state index in [9.17, 15) is 10.2 Å². The monoisotopic (exact) mass is 823 g/mol. The summed E-state index contributed by atoms with van der Waals surface area (Å²) in [6.07, 6.45) is 0.960. The highest BCUT2D eigenvalue weighted by molar-refractivity contribution is 5.99. The molecule has 0 aliphatic carbocycles. The molecule has 0 fully saturated rings. The first-order valence-corrected chi connectivity index (χ1v) is 23.1. The average Bonchev–Trinajstić information content (AvgIpc) is 3.17. The molecule has 0 heterocycles. The SMILES string of the molecule is Cc1cc(-c2cc(C)cc(-c3cc(C)cc(-c4c(C(C)C)cc(C(C)C)cc4C(C)C)c3O)c2N(C)CCCN(C)C)c(O)c(-c2c(C(C)C)cc(C(C)C)cc2C(C)C)c1. The van der Waals surface area contributed by atoms with E-state index in [2.05, 4.69) is 195 Å². The summed E-state index contributed by atoms with van der Waals surface area (Å²) in [5.41, 5.74) is 19.7. The molecular formula is C57H78N2O2. The van der Waals surface area contributed by atoms with Crippen molar-refractivity contribution >= 4 is 5.69 Å². The zero-order chi connectivity index (χ0) is 45.4. The van der Waals surface area contributed by atoms with E-state index in [1.165, 1.54) is 33.4 Å². The molecule has 0 bridgehead atoms. The highest BCUT2D eigenvalue weighted by atomic mass is 16.3. The molecule has 4 heteroatoms. The summed E-state index contributed by atoms with van der Waals surface area (Å²) in [6.45, 7) is 35.4. The van der Waals surface area contributed by atoms with E-state index in [4.69, 9.17) is 0 Å². The molecule has 0 aliphatic heterocycles. The summed E-state index contributed by atoms with van der Waals surface area (Å²) in [5.74, 6) is 2.47. The number of benzene rings is 5. The Morgan fingerprint density at radius 3 is 0.967 bits per heavy atom. The van der Waals surface area contributed by atoms with Gasteiger partial charge in [0.2, 0.25) is 0 Å². The number of phenols is 2. The molecule has 328 valence electrons. The number of rotatable bonds is 15. The minimum atomic E-state index is 0.269. The first-order chi connectivity index (χ1) is 28.5. The number of phenolic OH excluding ortho intramolecular Hbond substituents is 2. The average molecular weight is 823 g/mol. The van der Waals surface area contributed by atoms with Gasteiger partial charge in [-0.25, -0.2) is 0 Å². The lowest BCUT2D eigenvalue weighted by Gasteiger charge is -2.29. The first kappa shape index (κ1) is 47.5. The second-order valence-electron chi connectivity index (χ2n) is 20.3. The van der Waals surface area contributed by atoms with E-state index in [0.717, 1.165) is 86.4 Å². The third kappa shape index (κ3) is 10.1. The molecule has 61 heavy (non-hydrogen) atoms. The van der Waals surface area contributed by atoms with E-state index in [1.807, 2.05) is 0 Å². The summed E-state index contributed by atoms with van der Waals surface area (Å²) in [6, 6.07) is 22.6. The number of hydrogen-bond donors (Lipinski definition) is 2. The van der Waals surface area contributed by atoms with E-state index < -0.39 is 0 Å². The molecule has 5 aromatic carbocycles. The predicted octanol–water partition coefficient (Wildman–Crippen LogP) is 15.8. The van der Waals surface area contributed by atoms with Crippen molar-refractivity contribution < 1.29 is 10.2 Å². The molecule has 0 amide bonds. The van der Waals surface area contributed by atoms with E-state index >= 15 is 0 Å². The molecule has 0 atom stereocenters. The van der Waals surface area contributed by atoms with E-state index in [1.54, 1.807) is 0 Å². The summed E-state index contributed by atoms with van der Waals surface area (Å²) in [4.78, 5) is 4.58. The third-order valence-corrected chi connectivity index (χ3v) is 12.6. The van der Waals surface area contributed by atoms with Gasteiger partial charge < -0.3 is 20.0 Å². The standard InChI is InChI=1S/C57H78N2O2/c1-32(2)41-28-43(34(5)6)53(44(29-41)35(7)8)51-26-39(14)24-49(56(51)60)47-22-38(13)23-48(55(47)59(18)21-19-20-58(16)17)50-25-40(15)27-52(57(50)61)54-45(36(9)10)30-42(33(3)4)31-46(54)37(11)12/h22-37,60-61H,19-21H2,1-18H3. The zero-order valence-electron chi connectivity index (χ0n) is 41.1. The van der Waals surface area contributed by atoms with Crippen LogP contribution in [0.25, 0.3) is 44.5 Å². The maximum atomic E-state index is 12.9. The molecule has 4 nitrogen and oxygen atoms in total. The maximum absolute atomic E-state index is 12.9. The van der Waals surface area contributed by atoms with E-state index in [-0.39, 0.29) is 23.7 Å². The first-order valence-electron chi connectivity index (χ1n) is 23.1. The van der Waals surface area contributed by atoms with Crippen molar-refractivity contribution in [3.8, 4) is 56.0 Å². The van der Waals surface area contributed by atoms with Crippen LogP contribution in [-0.4, -0.2) is 49.3 Å². The third-order valence-electron chi connectivity index (χ3n) is 12.6. The van der Waals surface area contributed by atoms with Gasteiger partial charge in [-0.15, -0.1) is 0 Å². The van der Waals surface area contributed by atoms with Gasteiger partial charge in [0.25, 0.3) is 0 Å². The molecule has 0 aliphatic rings. The predicted molar refractivity (Wildman–Crippen MR) is 267 cm³/mol. The van der Waals surface area contributed by atoms with Crippen molar-refractivity contribution in [1.82, 2.24) is 4.90 Å². The highest BCUT2D eigenvalue weighted by Gasteiger charge is 2.28. The Hall–Kier alpha value is -4.54. The van der Waals surface area contributed by atoms with Crippen LogP contribution in [0.2, 0.25) is 0 Å². The minimum Gasteiger partial charge on any atom is -0.507 e. The topological polar surface area (TPSA) is 46.9 Å². The molecule has 5 aromatic rings. The smallest absolute Gasteiger partial charge is 0.131 e. The van der Waals surface area contributed by atoms with Crippen LogP contribution in [0.15, 0.2) is 60.7 Å². The second-order valence-corrected chi connectivity index (χ2v) is 20.3. The molecule has 2 N–H and O–H groups in total. The molecule has 0 radical (unpaired) electrons. The number of aryl methyl sites for hydroxylation is 3. The summed E-state index contributed by atoms with van der Waals surface area (Å²) in [5, 5.41) is 25.7. The van der Waals surface area contributed by atoms with Crippen LogP contribution in [0.3, 0.4) is 0 Å². The van der Waals surface area contributed by atoms with E-state index in [0.29, 0.717) is 23.3 Å². The van der Waals surface area contributed by atoms with Gasteiger partial charge in [0, 0.05) is 47.0 Å². The maximum Gasteiger partial charge on any atom is 0.131 e. The molecule has 0 spiro atoms. The summed E-state index contributed by atoms with van der Waals surface area (Å²) >= 11 is 0. The molecule has 0 saturated heterocycles. The number of hydrogen-bond acceptors (Lipinski definition) is 4. The molecule has 0 aromatic heterocycles. The number of anilines is 1. The Kier molecular flexibility index (Phi) is 15.0. The fourth-order valence-electron chi connectivity index (χ4n) is 9.22. The van der Waals surface area contributed by atoms with Crippen LogP contribution < -0.4 is 4.90 Å². The largest absolute Gasteiger partial charge is 0.507 e. The Bertz CT molecular complexity index is 2150. The molecule has 0 unspecified atom stereocenters. The van der Waals surface area contributed by atoms with Crippen molar-refractivity contribution in [2.75, 3.05) is 39.1 Å². The Balaban J connectivity index is 1.91. The summed E-state index contributed by atoms with van der Waals surface area (Å²) in [7, 11) is 6.42. The van der Waals surface area contributed by atoms with Crippen LogP contribution >= 0.6 is 0 Å². The van der Waals surface area contributed by atoms with Gasteiger partial charge >= 0.3 is 0 Å². The van der Waals surface area contributed by atoms with Crippen molar-refractivity contribution in [3.63, 3.8) is 0 Å². The van der Waals surface area contributed by atoms with Crippen LogP contribution in [0.5, 0.6) is 11.5 Å². The van der Waals surface area contributed by atoms with Crippen LogP contribution in [-0.2, 0) is 0 Å². The van der Waals surface area contributed by atoms with Crippen molar-refractivity contribution in [1.29, 1.82) is 0 Å². The van der Waals surface area contributed by atoms with Gasteiger partial charge in [0.1, 0.15) is 11.5 Å². The van der Waals surface area contributed by atoms with Gasteiger partial charge in [0.05, 0.1) is 5.69 Å². The molecule has 5 rings (SSSR count). The van der Waals surface area contributed by atoms with Crippen molar-refractivity contribution in [2.45, 2.75) is 146 Å². The van der Waals surface area contributed by atoms with Gasteiger partial charge in [-0.3, -0.25) is 0 Å². The second kappa shape index (κ2) is 19.2. The van der Waals surface area contributed by atoms with Crippen molar-refractivity contribution in [3.05, 3.63) is 111 Å². The zero-order valence-corrected chi connectivity index (χ0v) is 41.1. The van der Waals surface area contributed by atoms with Gasteiger partial charge in [0.15, 0.2) is 0 Å². The quantitative estimate of drug-likeness (QED) is 0.110. The Morgan fingerprint density at radius 1 is 0.393 bits per heavy atom. The van der Waals surface area contributed by atoms with Crippen LogP contribution in [0.1, 0.15) is 175 Å². The number of nitrogens with zero attached hydrogens (tertiary/aromatic N) is 2. The molecule has 0 saturated carbocycles. The van der Waals surface area contributed by atoms with Crippen LogP contribution in [0.4, 0.5) is 5.69 Å². The fraction of sp³-hybridized carbons (Fsp3) is 0.474. The molecular weight excluding hydrogens is 745 g/mol. The van der Waals surface area contributed by atoms with Crippen molar-refractivity contribution in [2.24, 2.45) is 0 Å². The lowest BCUT2D eigenvalue weighted by atomic mass is 9.79. The van der Waals surface area contributed by atoms with Gasteiger partial charge in [-0.1, -0.05) is 107 Å². The van der Waals surface area contributed by atoms with Gasteiger partial charge in [-0.2, -0.15) is 0 Å². The Labute approximate surface area is 371 Å². The van der Waals surface area contributed by atoms with Gasteiger partial charge in [-0.05, 0) is 181 Å². The summed E-state index contributed by atoms with van der Waals surface area (Å²) < 4.78 is 0. The number of aromatic hydroxyl groups is 2. The van der Waals surface area contributed by atoms with Crippen LogP contribution in [0, 0.1) is 20.8 Å². The fourth-order valence-corrected chi connectivity index (χ4v) is 9.22. The lowest BCUT2D eigenvalue weighted by Crippen LogP contribution is -2.24.